The maximum atomic E-state index is 11.6. The standard InChI is InChI=1S/C15H20O4/c1-9-4-3-5-11(8-16)7-12(17)14-10(2)15(18)19-13(14)6-9/h5-6,12-14,16-17H,2-4,7-8H2,1H3/b9-6-,11-5+/t12-,13+,14+/m0/s1. The summed E-state index contributed by atoms with van der Waals surface area (Å²) in [4.78, 5) is 11.6. The molecule has 0 amide bonds. The molecule has 2 aliphatic rings. The molecule has 0 spiro atoms. The summed E-state index contributed by atoms with van der Waals surface area (Å²) < 4.78 is 5.26. The van der Waals surface area contributed by atoms with Crippen LogP contribution in [0.4, 0.5) is 0 Å². The number of hydrogen-bond donors (Lipinski definition) is 2. The largest absolute Gasteiger partial charge is 0.454 e. The van der Waals surface area contributed by atoms with Crippen molar-refractivity contribution in [2.45, 2.75) is 38.4 Å². The van der Waals surface area contributed by atoms with Crippen molar-refractivity contribution < 1.29 is 19.7 Å². The van der Waals surface area contributed by atoms with E-state index >= 15 is 0 Å². The Balaban J connectivity index is 2.32. The Labute approximate surface area is 113 Å². The van der Waals surface area contributed by atoms with Crippen LogP contribution in [-0.4, -0.2) is 35.0 Å². The fourth-order valence-electron chi connectivity index (χ4n) is 2.67. The van der Waals surface area contributed by atoms with E-state index in [1.54, 1.807) is 0 Å². The summed E-state index contributed by atoms with van der Waals surface area (Å²) >= 11 is 0. The summed E-state index contributed by atoms with van der Waals surface area (Å²) in [5.41, 5.74) is 2.23. The first-order valence-corrected chi connectivity index (χ1v) is 6.57. The molecule has 1 aliphatic heterocycles. The van der Waals surface area contributed by atoms with E-state index in [0.717, 1.165) is 24.0 Å². The highest BCUT2D eigenvalue weighted by molar-refractivity contribution is 5.91. The van der Waals surface area contributed by atoms with Gasteiger partial charge in [0.05, 0.1) is 18.6 Å². The minimum atomic E-state index is -0.760. The van der Waals surface area contributed by atoms with Gasteiger partial charge in [-0.2, -0.15) is 0 Å². The van der Waals surface area contributed by atoms with Crippen LogP contribution >= 0.6 is 0 Å². The van der Waals surface area contributed by atoms with Crippen LogP contribution in [0.1, 0.15) is 26.2 Å². The number of esters is 1. The molecule has 0 aromatic heterocycles. The first kappa shape index (κ1) is 14.0. The van der Waals surface area contributed by atoms with E-state index in [1.807, 2.05) is 19.1 Å². The van der Waals surface area contributed by atoms with Crippen LogP contribution in [0.3, 0.4) is 0 Å². The highest BCUT2D eigenvalue weighted by atomic mass is 16.6. The van der Waals surface area contributed by atoms with Crippen LogP contribution in [-0.2, 0) is 9.53 Å². The molecule has 2 N–H and O–H groups in total. The third kappa shape index (κ3) is 2.96. The van der Waals surface area contributed by atoms with Gasteiger partial charge in [-0.3, -0.25) is 0 Å². The molecule has 1 saturated heterocycles. The number of fused-ring (bicyclic) bond motifs is 1. The Morgan fingerprint density at radius 2 is 2.26 bits per heavy atom. The fraction of sp³-hybridized carbons (Fsp3) is 0.533. The lowest BCUT2D eigenvalue weighted by Gasteiger charge is -2.23. The van der Waals surface area contributed by atoms with E-state index in [4.69, 9.17) is 4.74 Å². The second kappa shape index (κ2) is 5.72. The van der Waals surface area contributed by atoms with Gasteiger partial charge in [0.1, 0.15) is 6.10 Å². The molecular formula is C15H20O4. The molecule has 1 heterocycles. The highest BCUT2D eigenvalue weighted by Crippen LogP contribution is 2.34. The second-order valence-electron chi connectivity index (χ2n) is 5.26. The Hall–Kier alpha value is -1.39. The Morgan fingerprint density at radius 1 is 1.53 bits per heavy atom. The molecule has 1 aliphatic carbocycles. The lowest BCUT2D eigenvalue weighted by molar-refractivity contribution is -0.137. The van der Waals surface area contributed by atoms with Crippen molar-refractivity contribution in [2.75, 3.05) is 6.61 Å². The molecule has 3 atom stereocenters. The van der Waals surface area contributed by atoms with Crippen molar-refractivity contribution in [3.63, 3.8) is 0 Å². The number of allylic oxidation sites excluding steroid dienone is 2. The monoisotopic (exact) mass is 264 g/mol. The first-order chi connectivity index (χ1) is 9.02. The van der Waals surface area contributed by atoms with E-state index < -0.39 is 24.1 Å². The SMILES string of the molecule is C=C1C(=O)O[C@@H]2/C=C(/C)CC/C=C(/CO)C[C@H](O)[C@@H]12. The van der Waals surface area contributed by atoms with Crippen molar-refractivity contribution in [2.24, 2.45) is 5.92 Å². The zero-order chi connectivity index (χ0) is 14.0. The minimum Gasteiger partial charge on any atom is -0.454 e. The van der Waals surface area contributed by atoms with E-state index in [-0.39, 0.29) is 6.61 Å². The Morgan fingerprint density at radius 3 is 2.95 bits per heavy atom. The summed E-state index contributed by atoms with van der Waals surface area (Å²) in [6.45, 7) is 5.63. The molecule has 0 unspecified atom stereocenters. The second-order valence-corrected chi connectivity index (χ2v) is 5.26. The summed E-state index contributed by atoms with van der Waals surface area (Å²) in [6, 6.07) is 0. The maximum absolute atomic E-state index is 11.6. The number of rotatable bonds is 1. The van der Waals surface area contributed by atoms with Crippen LogP contribution in [0.2, 0.25) is 0 Å². The average Bonchev–Trinajstić information content (AvgIpc) is 2.63. The topological polar surface area (TPSA) is 66.8 Å². The third-order valence-electron chi connectivity index (χ3n) is 3.77. The molecule has 4 nitrogen and oxygen atoms in total. The van der Waals surface area contributed by atoms with E-state index in [0.29, 0.717) is 12.0 Å². The zero-order valence-corrected chi connectivity index (χ0v) is 11.1. The number of carbonyl (C=O) groups excluding carboxylic acids is 1. The average molecular weight is 264 g/mol. The van der Waals surface area contributed by atoms with Gasteiger partial charge in [-0.15, -0.1) is 0 Å². The molecule has 1 fully saturated rings. The van der Waals surface area contributed by atoms with Gasteiger partial charge in [0.15, 0.2) is 0 Å². The number of ether oxygens (including phenoxy) is 1. The lowest BCUT2D eigenvalue weighted by Crippen LogP contribution is -2.29. The molecule has 0 aromatic rings. The van der Waals surface area contributed by atoms with Gasteiger partial charge < -0.3 is 14.9 Å². The normalized spacial score (nSPS) is 37.7. The predicted molar refractivity (Wildman–Crippen MR) is 71.3 cm³/mol. The molecular weight excluding hydrogens is 244 g/mol. The number of aliphatic hydroxyl groups excluding tert-OH is 2. The van der Waals surface area contributed by atoms with Gasteiger partial charge in [-0.05, 0) is 37.8 Å². The van der Waals surface area contributed by atoms with Gasteiger partial charge in [-0.25, -0.2) is 4.79 Å². The van der Waals surface area contributed by atoms with Gasteiger partial charge in [0.2, 0.25) is 0 Å². The van der Waals surface area contributed by atoms with Crippen molar-refractivity contribution >= 4 is 5.97 Å². The van der Waals surface area contributed by atoms with Crippen LogP contribution in [0.25, 0.3) is 0 Å². The Kier molecular flexibility index (Phi) is 4.22. The quantitative estimate of drug-likeness (QED) is 0.428. The summed E-state index contributed by atoms with van der Waals surface area (Å²) in [5, 5.41) is 19.6. The van der Waals surface area contributed by atoms with Gasteiger partial charge in [-0.1, -0.05) is 18.2 Å². The minimum absolute atomic E-state index is 0.0709. The zero-order valence-electron chi connectivity index (χ0n) is 11.1. The smallest absolute Gasteiger partial charge is 0.334 e. The van der Waals surface area contributed by atoms with E-state index in [1.165, 1.54) is 0 Å². The lowest BCUT2D eigenvalue weighted by atomic mass is 9.85. The van der Waals surface area contributed by atoms with E-state index in [2.05, 4.69) is 6.58 Å². The first-order valence-electron chi connectivity index (χ1n) is 6.57. The van der Waals surface area contributed by atoms with Gasteiger partial charge in [0, 0.05) is 5.57 Å². The van der Waals surface area contributed by atoms with Crippen molar-refractivity contribution in [3.8, 4) is 0 Å². The molecule has 104 valence electrons. The van der Waals surface area contributed by atoms with Crippen molar-refractivity contribution in [3.05, 3.63) is 35.5 Å². The highest BCUT2D eigenvalue weighted by Gasteiger charge is 2.42. The fourth-order valence-corrected chi connectivity index (χ4v) is 2.67. The van der Waals surface area contributed by atoms with Crippen LogP contribution in [0, 0.1) is 5.92 Å². The molecule has 0 saturated carbocycles. The van der Waals surface area contributed by atoms with Crippen molar-refractivity contribution in [1.29, 1.82) is 0 Å². The van der Waals surface area contributed by atoms with Gasteiger partial charge >= 0.3 is 5.97 Å². The molecule has 0 bridgehead atoms. The number of hydrogen-bond acceptors (Lipinski definition) is 4. The third-order valence-corrected chi connectivity index (χ3v) is 3.77. The molecule has 0 radical (unpaired) electrons. The molecule has 4 heteroatoms. The number of carbonyl (C=O) groups is 1. The van der Waals surface area contributed by atoms with E-state index in [9.17, 15) is 15.0 Å². The Bertz CT molecular complexity index is 447. The molecule has 19 heavy (non-hydrogen) atoms. The van der Waals surface area contributed by atoms with Crippen molar-refractivity contribution in [1.82, 2.24) is 0 Å². The summed E-state index contributed by atoms with van der Waals surface area (Å²) in [5.74, 6) is -0.859. The van der Waals surface area contributed by atoms with Gasteiger partial charge in [0.25, 0.3) is 0 Å². The summed E-state index contributed by atoms with van der Waals surface area (Å²) in [7, 11) is 0. The molecule has 0 aromatic carbocycles. The maximum Gasteiger partial charge on any atom is 0.334 e. The van der Waals surface area contributed by atoms with Crippen LogP contribution in [0.15, 0.2) is 35.5 Å². The number of aliphatic hydroxyl groups is 2. The summed E-state index contributed by atoms with van der Waals surface area (Å²) in [6.07, 6.45) is 4.69. The molecule has 2 rings (SSSR count). The predicted octanol–water partition coefficient (Wildman–Crippen LogP) is 1.49. The van der Waals surface area contributed by atoms with Crippen LogP contribution in [0.5, 0.6) is 0 Å². The van der Waals surface area contributed by atoms with Crippen LogP contribution < -0.4 is 0 Å².